The minimum absolute atomic E-state index is 0.280. The van der Waals surface area contributed by atoms with E-state index in [2.05, 4.69) is 21.0 Å². The summed E-state index contributed by atoms with van der Waals surface area (Å²) in [6.07, 6.45) is 0.299. The van der Waals surface area contributed by atoms with Crippen LogP contribution in [-0.2, 0) is 23.0 Å². The third kappa shape index (κ3) is 3.07. The van der Waals surface area contributed by atoms with Gasteiger partial charge in [0, 0.05) is 13.5 Å². The number of aromatic nitrogens is 2. The number of nitriles is 1. The molecule has 0 aliphatic heterocycles. The van der Waals surface area contributed by atoms with Crippen LogP contribution in [0.1, 0.15) is 18.3 Å². The van der Waals surface area contributed by atoms with Crippen LogP contribution < -0.4 is 0 Å². The van der Waals surface area contributed by atoms with Crippen LogP contribution in [0.5, 0.6) is 0 Å². The van der Waals surface area contributed by atoms with E-state index in [-0.39, 0.29) is 6.61 Å². The minimum Gasteiger partial charge on any atom is -0.465 e. The molecule has 5 nitrogen and oxygen atoms in total. The highest BCUT2D eigenvalue weighted by Crippen LogP contribution is 2.23. The van der Waals surface area contributed by atoms with Gasteiger partial charge in [0.2, 0.25) is 0 Å². The van der Waals surface area contributed by atoms with Crippen LogP contribution in [0.3, 0.4) is 0 Å². The van der Waals surface area contributed by atoms with E-state index in [1.54, 1.807) is 18.7 Å². The van der Waals surface area contributed by atoms with E-state index in [9.17, 15) is 4.79 Å². The number of hydrogen-bond donors (Lipinski definition) is 0. The number of hydrogen-bond acceptors (Lipinski definition) is 4. The van der Waals surface area contributed by atoms with E-state index in [1.165, 1.54) is 0 Å². The van der Waals surface area contributed by atoms with Gasteiger partial charge in [-0.05, 0) is 29.8 Å². The average Bonchev–Trinajstić information content (AvgIpc) is 2.51. The zero-order valence-corrected chi connectivity index (χ0v) is 11.6. The summed E-state index contributed by atoms with van der Waals surface area (Å²) >= 11 is 3.40. The Morgan fingerprint density at radius 1 is 1.71 bits per heavy atom. The van der Waals surface area contributed by atoms with E-state index >= 15 is 0 Å². The Hall–Kier alpha value is -1.35. The van der Waals surface area contributed by atoms with Crippen molar-refractivity contribution in [2.24, 2.45) is 13.0 Å². The molecule has 1 unspecified atom stereocenters. The molecule has 92 valence electrons. The first kappa shape index (κ1) is 13.7. The van der Waals surface area contributed by atoms with Gasteiger partial charge < -0.3 is 4.74 Å². The standard InChI is InChI=1S/C11H14BrN3O2/c1-4-17-11(16)8(6-13)5-9-10(12)7(2)14-15(9)3/h8H,4-5H2,1-3H3. The van der Waals surface area contributed by atoms with E-state index in [4.69, 9.17) is 10.00 Å². The van der Waals surface area contributed by atoms with Gasteiger partial charge in [0.25, 0.3) is 0 Å². The number of rotatable bonds is 4. The number of nitrogens with zero attached hydrogens (tertiary/aromatic N) is 3. The van der Waals surface area contributed by atoms with Crippen molar-refractivity contribution in [3.05, 3.63) is 15.9 Å². The zero-order valence-electron chi connectivity index (χ0n) is 10.0. The van der Waals surface area contributed by atoms with Crippen LogP contribution in [0.4, 0.5) is 0 Å². The van der Waals surface area contributed by atoms with Gasteiger partial charge in [-0.2, -0.15) is 10.4 Å². The average molecular weight is 300 g/mol. The summed E-state index contributed by atoms with van der Waals surface area (Å²) in [7, 11) is 1.78. The first-order valence-corrected chi connectivity index (χ1v) is 6.04. The van der Waals surface area contributed by atoms with E-state index in [0.29, 0.717) is 6.42 Å². The van der Waals surface area contributed by atoms with Gasteiger partial charge in [0.05, 0.1) is 28.5 Å². The normalized spacial score (nSPS) is 11.9. The van der Waals surface area contributed by atoms with Gasteiger partial charge in [-0.15, -0.1) is 0 Å². The van der Waals surface area contributed by atoms with Crippen molar-refractivity contribution in [1.29, 1.82) is 5.26 Å². The second-order valence-corrected chi connectivity index (χ2v) is 4.40. The van der Waals surface area contributed by atoms with E-state index < -0.39 is 11.9 Å². The SMILES string of the molecule is CCOC(=O)C(C#N)Cc1c(Br)c(C)nn1C. The molecule has 0 amide bonds. The largest absolute Gasteiger partial charge is 0.465 e. The lowest BCUT2D eigenvalue weighted by Crippen LogP contribution is -2.20. The number of esters is 1. The van der Waals surface area contributed by atoms with Crippen molar-refractivity contribution in [3.63, 3.8) is 0 Å². The van der Waals surface area contributed by atoms with E-state index in [0.717, 1.165) is 15.9 Å². The predicted molar refractivity (Wildman–Crippen MR) is 65.1 cm³/mol. The number of carbonyl (C=O) groups excluding carboxylic acids is 1. The molecule has 0 aliphatic rings. The molecule has 0 saturated carbocycles. The monoisotopic (exact) mass is 299 g/mol. The first-order valence-electron chi connectivity index (χ1n) is 5.25. The molecule has 0 spiro atoms. The summed E-state index contributed by atoms with van der Waals surface area (Å²) in [5.74, 6) is -1.28. The Bertz CT molecular complexity index is 462. The molecule has 0 radical (unpaired) electrons. The quantitative estimate of drug-likeness (QED) is 0.794. The molecule has 6 heteroatoms. The van der Waals surface area contributed by atoms with Crippen molar-refractivity contribution >= 4 is 21.9 Å². The fraction of sp³-hybridized carbons (Fsp3) is 0.545. The number of aryl methyl sites for hydroxylation is 2. The maximum absolute atomic E-state index is 11.5. The highest BCUT2D eigenvalue weighted by atomic mass is 79.9. The molecule has 1 aromatic rings. The number of carbonyl (C=O) groups is 1. The highest BCUT2D eigenvalue weighted by molar-refractivity contribution is 9.10. The lowest BCUT2D eigenvalue weighted by Gasteiger charge is -2.08. The molecular weight excluding hydrogens is 286 g/mol. The Labute approximate surface area is 108 Å². The second-order valence-electron chi connectivity index (χ2n) is 3.61. The number of halogens is 1. The smallest absolute Gasteiger partial charge is 0.323 e. The minimum atomic E-state index is -0.791. The molecule has 17 heavy (non-hydrogen) atoms. The lowest BCUT2D eigenvalue weighted by molar-refractivity contribution is -0.146. The Kier molecular flexibility index (Phi) is 4.70. The number of ether oxygens (including phenoxy) is 1. The molecule has 0 bridgehead atoms. The first-order chi connectivity index (χ1) is 8.01. The third-order valence-electron chi connectivity index (χ3n) is 2.39. The maximum atomic E-state index is 11.5. The molecule has 1 atom stereocenters. The zero-order chi connectivity index (χ0) is 13.0. The van der Waals surface area contributed by atoms with Crippen LogP contribution in [0.2, 0.25) is 0 Å². The molecular formula is C11H14BrN3O2. The topological polar surface area (TPSA) is 67.9 Å². The van der Waals surface area contributed by atoms with Crippen molar-refractivity contribution in [2.75, 3.05) is 6.61 Å². The summed E-state index contributed by atoms with van der Waals surface area (Å²) in [6.45, 7) is 3.86. The predicted octanol–water partition coefficient (Wildman–Crippen LogP) is 1.74. The molecule has 1 heterocycles. The van der Waals surface area contributed by atoms with Crippen molar-refractivity contribution in [2.45, 2.75) is 20.3 Å². The van der Waals surface area contributed by atoms with Gasteiger partial charge >= 0.3 is 5.97 Å². The summed E-state index contributed by atoms with van der Waals surface area (Å²) < 4.78 is 7.35. The van der Waals surface area contributed by atoms with Crippen LogP contribution in [0.15, 0.2) is 4.47 Å². The summed E-state index contributed by atoms with van der Waals surface area (Å²) in [6, 6.07) is 1.96. The van der Waals surface area contributed by atoms with Crippen LogP contribution in [0, 0.1) is 24.2 Å². The van der Waals surface area contributed by atoms with Gasteiger partial charge in [0.1, 0.15) is 5.92 Å². The lowest BCUT2D eigenvalue weighted by atomic mass is 10.1. The van der Waals surface area contributed by atoms with Crippen molar-refractivity contribution in [3.8, 4) is 6.07 Å². The fourth-order valence-corrected chi connectivity index (χ4v) is 2.02. The van der Waals surface area contributed by atoms with Gasteiger partial charge in [-0.1, -0.05) is 0 Å². The van der Waals surface area contributed by atoms with Gasteiger partial charge in [-0.25, -0.2) is 0 Å². The molecule has 1 rings (SSSR count). The summed E-state index contributed by atoms with van der Waals surface area (Å²) in [5, 5.41) is 13.2. The van der Waals surface area contributed by atoms with Crippen LogP contribution >= 0.6 is 15.9 Å². The molecule has 1 aromatic heterocycles. The molecule has 0 saturated heterocycles. The van der Waals surface area contributed by atoms with Gasteiger partial charge in [0.15, 0.2) is 0 Å². The van der Waals surface area contributed by atoms with Crippen molar-refractivity contribution < 1.29 is 9.53 Å². The fourth-order valence-electron chi connectivity index (χ4n) is 1.52. The van der Waals surface area contributed by atoms with Crippen molar-refractivity contribution in [1.82, 2.24) is 9.78 Å². The Morgan fingerprint density at radius 3 is 2.76 bits per heavy atom. The molecule has 0 fully saturated rings. The molecule has 0 aromatic carbocycles. The second kappa shape index (κ2) is 5.82. The third-order valence-corrected chi connectivity index (χ3v) is 3.42. The highest BCUT2D eigenvalue weighted by Gasteiger charge is 2.23. The van der Waals surface area contributed by atoms with E-state index in [1.807, 2.05) is 13.0 Å². The Morgan fingerprint density at radius 2 is 2.35 bits per heavy atom. The summed E-state index contributed by atoms with van der Waals surface area (Å²) in [5.41, 5.74) is 1.66. The molecule has 0 aliphatic carbocycles. The Balaban J connectivity index is 2.89. The van der Waals surface area contributed by atoms with Crippen LogP contribution in [-0.4, -0.2) is 22.4 Å². The maximum Gasteiger partial charge on any atom is 0.323 e. The summed E-state index contributed by atoms with van der Waals surface area (Å²) in [4.78, 5) is 11.5. The van der Waals surface area contributed by atoms with Gasteiger partial charge in [-0.3, -0.25) is 9.48 Å². The van der Waals surface area contributed by atoms with Crippen LogP contribution in [0.25, 0.3) is 0 Å². The molecule has 0 N–H and O–H groups in total.